The molecule has 110 valence electrons. The van der Waals surface area contributed by atoms with Gasteiger partial charge in [-0.05, 0) is 18.4 Å². The summed E-state index contributed by atoms with van der Waals surface area (Å²) in [5, 5.41) is 5.97. The van der Waals surface area contributed by atoms with E-state index in [1.165, 1.54) is 0 Å². The highest BCUT2D eigenvalue weighted by molar-refractivity contribution is 7.17. The molecule has 1 heterocycles. The van der Waals surface area contributed by atoms with Gasteiger partial charge in [0.1, 0.15) is 0 Å². The van der Waals surface area contributed by atoms with E-state index in [2.05, 4.69) is 19.2 Å². The van der Waals surface area contributed by atoms with Crippen molar-refractivity contribution in [1.29, 1.82) is 0 Å². The van der Waals surface area contributed by atoms with E-state index in [0.717, 1.165) is 22.1 Å². The fraction of sp³-hybridized carbons (Fsp3) is 0.400. The van der Waals surface area contributed by atoms with Gasteiger partial charge < -0.3 is 11.1 Å². The lowest BCUT2D eigenvalue weighted by atomic mass is 10.0. The van der Waals surface area contributed by atoms with Crippen LogP contribution in [0.5, 0.6) is 0 Å². The van der Waals surface area contributed by atoms with E-state index in [9.17, 15) is 4.79 Å². The van der Waals surface area contributed by atoms with E-state index in [0.29, 0.717) is 12.5 Å². The fourth-order valence-electron chi connectivity index (χ4n) is 2.20. The molecule has 0 fully saturated rings. The van der Waals surface area contributed by atoms with E-state index < -0.39 is 0 Å². The van der Waals surface area contributed by atoms with E-state index in [-0.39, 0.29) is 24.4 Å². The third-order valence-corrected chi connectivity index (χ3v) is 4.06. The summed E-state index contributed by atoms with van der Waals surface area (Å²) >= 11 is 1.60. The van der Waals surface area contributed by atoms with Crippen LogP contribution in [0.2, 0.25) is 0 Å². The van der Waals surface area contributed by atoms with Crippen molar-refractivity contribution in [2.75, 3.05) is 6.54 Å². The van der Waals surface area contributed by atoms with Gasteiger partial charge in [0.15, 0.2) is 0 Å². The van der Waals surface area contributed by atoms with Gasteiger partial charge in [-0.15, -0.1) is 23.7 Å². The predicted molar refractivity (Wildman–Crippen MR) is 88.8 cm³/mol. The molecule has 0 radical (unpaired) electrons. The van der Waals surface area contributed by atoms with Crippen molar-refractivity contribution in [3.05, 3.63) is 35.2 Å². The Labute approximate surface area is 130 Å². The number of carbonyl (C=O) groups is 1. The van der Waals surface area contributed by atoms with Gasteiger partial charge in [-0.3, -0.25) is 4.79 Å². The molecule has 0 saturated carbocycles. The first kappa shape index (κ1) is 17.0. The molecule has 0 bridgehead atoms. The van der Waals surface area contributed by atoms with Crippen LogP contribution in [0.3, 0.4) is 0 Å². The third kappa shape index (κ3) is 3.95. The average molecular weight is 313 g/mol. The molecule has 2 rings (SSSR count). The Balaban J connectivity index is 0.00000200. The Bertz CT molecular complexity index is 568. The van der Waals surface area contributed by atoms with Gasteiger partial charge in [-0.2, -0.15) is 0 Å². The number of carbonyl (C=O) groups excluding carboxylic acids is 1. The predicted octanol–water partition coefficient (Wildman–Crippen LogP) is 3.43. The van der Waals surface area contributed by atoms with Crippen molar-refractivity contribution < 1.29 is 4.79 Å². The molecule has 1 atom stereocenters. The van der Waals surface area contributed by atoms with E-state index in [1.54, 1.807) is 11.3 Å². The zero-order valence-corrected chi connectivity index (χ0v) is 13.4. The van der Waals surface area contributed by atoms with Crippen molar-refractivity contribution in [3.8, 4) is 0 Å². The van der Waals surface area contributed by atoms with Gasteiger partial charge in [-0.25, -0.2) is 0 Å². The largest absolute Gasteiger partial charge is 0.348 e. The second-order valence-electron chi connectivity index (χ2n) is 5.18. The van der Waals surface area contributed by atoms with Crippen LogP contribution in [0, 0.1) is 5.92 Å². The molecule has 1 aromatic carbocycles. The molecule has 1 unspecified atom stereocenters. The first-order chi connectivity index (χ1) is 9.11. The average Bonchev–Trinajstić information content (AvgIpc) is 2.81. The third-order valence-electron chi connectivity index (χ3n) is 3.10. The first-order valence-electron chi connectivity index (χ1n) is 6.59. The van der Waals surface area contributed by atoms with E-state index >= 15 is 0 Å². The molecule has 3 nitrogen and oxygen atoms in total. The number of thiophene rings is 1. The summed E-state index contributed by atoms with van der Waals surface area (Å²) < 4.78 is 1.14. The Morgan fingerprint density at radius 1 is 1.35 bits per heavy atom. The summed E-state index contributed by atoms with van der Waals surface area (Å²) in [7, 11) is 0. The molecule has 0 spiro atoms. The lowest BCUT2D eigenvalue weighted by Crippen LogP contribution is -2.40. The molecule has 2 aromatic rings. The van der Waals surface area contributed by atoms with Crippen LogP contribution in [0.15, 0.2) is 29.6 Å². The molecule has 1 aromatic heterocycles. The van der Waals surface area contributed by atoms with Gasteiger partial charge in [0.05, 0.1) is 5.56 Å². The number of halogens is 1. The number of hydrogen-bond acceptors (Lipinski definition) is 3. The first-order valence-corrected chi connectivity index (χ1v) is 7.47. The maximum atomic E-state index is 12.3. The van der Waals surface area contributed by atoms with Crippen LogP contribution in [-0.4, -0.2) is 18.5 Å². The van der Waals surface area contributed by atoms with Gasteiger partial charge in [-0.1, -0.05) is 32.0 Å². The number of amides is 1. The number of rotatable bonds is 5. The Morgan fingerprint density at radius 3 is 2.70 bits per heavy atom. The molecule has 3 N–H and O–H groups in total. The fourth-order valence-corrected chi connectivity index (χ4v) is 3.14. The van der Waals surface area contributed by atoms with Crippen LogP contribution in [0.25, 0.3) is 10.1 Å². The summed E-state index contributed by atoms with van der Waals surface area (Å²) in [4.78, 5) is 12.3. The van der Waals surface area contributed by atoms with Crippen LogP contribution in [0.4, 0.5) is 0 Å². The smallest absolute Gasteiger partial charge is 0.253 e. The molecule has 0 saturated heterocycles. The van der Waals surface area contributed by atoms with Gasteiger partial charge in [0.25, 0.3) is 5.91 Å². The summed E-state index contributed by atoms with van der Waals surface area (Å²) in [5.74, 6) is 0.501. The quantitative estimate of drug-likeness (QED) is 0.888. The Morgan fingerprint density at radius 2 is 2.05 bits per heavy atom. The molecular weight excluding hydrogens is 292 g/mol. The molecule has 0 aliphatic rings. The molecule has 0 aliphatic heterocycles. The molecule has 0 aliphatic carbocycles. The molecule has 5 heteroatoms. The van der Waals surface area contributed by atoms with Crippen molar-refractivity contribution in [1.82, 2.24) is 5.32 Å². The lowest BCUT2D eigenvalue weighted by Gasteiger charge is -2.18. The standard InChI is InChI=1S/C15H20N2OS.ClH/c1-10(2)7-11(8-16)17-15(18)13-9-19-14-6-4-3-5-12(13)14;/h3-6,9-11H,7-8,16H2,1-2H3,(H,17,18);1H. The number of fused-ring (bicyclic) bond motifs is 1. The summed E-state index contributed by atoms with van der Waals surface area (Å²) in [6, 6.07) is 8.01. The molecule has 20 heavy (non-hydrogen) atoms. The number of nitrogens with one attached hydrogen (secondary N) is 1. The summed E-state index contributed by atoms with van der Waals surface area (Å²) in [6.07, 6.45) is 0.907. The monoisotopic (exact) mass is 312 g/mol. The van der Waals surface area contributed by atoms with Crippen LogP contribution < -0.4 is 11.1 Å². The summed E-state index contributed by atoms with van der Waals surface area (Å²) in [5.41, 5.74) is 6.48. The number of benzene rings is 1. The zero-order valence-electron chi connectivity index (χ0n) is 11.8. The van der Waals surface area contributed by atoms with E-state index in [1.807, 2.05) is 29.6 Å². The number of hydrogen-bond donors (Lipinski definition) is 2. The summed E-state index contributed by atoms with van der Waals surface area (Å²) in [6.45, 7) is 4.75. The highest BCUT2D eigenvalue weighted by Crippen LogP contribution is 2.25. The van der Waals surface area contributed by atoms with Crippen LogP contribution in [-0.2, 0) is 0 Å². The van der Waals surface area contributed by atoms with Crippen LogP contribution >= 0.6 is 23.7 Å². The van der Waals surface area contributed by atoms with Crippen molar-refractivity contribution in [3.63, 3.8) is 0 Å². The SMILES string of the molecule is CC(C)CC(CN)NC(=O)c1csc2ccccc12.Cl. The number of nitrogens with two attached hydrogens (primary N) is 1. The topological polar surface area (TPSA) is 55.1 Å². The maximum Gasteiger partial charge on any atom is 0.253 e. The maximum absolute atomic E-state index is 12.3. The zero-order chi connectivity index (χ0) is 13.8. The van der Waals surface area contributed by atoms with Gasteiger partial charge in [0.2, 0.25) is 0 Å². The second kappa shape index (κ2) is 7.62. The van der Waals surface area contributed by atoms with Gasteiger partial charge >= 0.3 is 0 Å². The minimum atomic E-state index is -0.0199. The molecule has 1 amide bonds. The minimum Gasteiger partial charge on any atom is -0.348 e. The van der Waals surface area contributed by atoms with Crippen molar-refractivity contribution in [2.24, 2.45) is 11.7 Å². The highest BCUT2D eigenvalue weighted by Gasteiger charge is 2.16. The minimum absolute atomic E-state index is 0. The second-order valence-corrected chi connectivity index (χ2v) is 6.09. The van der Waals surface area contributed by atoms with Gasteiger partial charge in [0, 0.05) is 28.1 Å². The highest BCUT2D eigenvalue weighted by atomic mass is 35.5. The van der Waals surface area contributed by atoms with Crippen molar-refractivity contribution >= 4 is 39.7 Å². The normalized spacial score (nSPS) is 12.2. The molecular formula is C15H21ClN2OS. The van der Waals surface area contributed by atoms with Crippen molar-refractivity contribution in [2.45, 2.75) is 26.3 Å². The Kier molecular flexibility index (Phi) is 6.46. The van der Waals surface area contributed by atoms with E-state index in [4.69, 9.17) is 5.73 Å². The van der Waals surface area contributed by atoms with Crippen LogP contribution in [0.1, 0.15) is 30.6 Å². The lowest BCUT2D eigenvalue weighted by molar-refractivity contribution is 0.0936. The Hall–Kier alpha value is -1.10.